The number of hydrogen-bond acceptors (Lipinski definition) is 3. The summed E-state index contributed by atoms with van der Waals surface area (Å²) < 4.78 is 0. The molecular formula is C24H24N2O2. The Balaban J connectivity index is 1.40. The van der Waals surface area contributed by atoms with Gasteiger partial charge in [-0.1, -0.05) is 36.5 Å². The summed E-state index contributed by atoms with van der Waals surface area (Å²) in [7, 11) is 0. The number of allylic oxidation sites excluding steroid dienone is 4. The van der Waals surface area contributed by atoms with Gasteiger partial charge in [-0.15, -0.1) is 0 Å². The number of nitrogens with zero attached hydrogens (tertiary/aromatic N) is 2. The fraction of sp³-hybridized carbons (Fsp3) is 0.250. The molecule has 4 heteroatoms. The molecule has 0 fully saturated rings. The molecule has 2 aromatic rings. The summed E-state index contributed by atoms with van der Waals surface area (Å²) in [5, 5.41) is 10.7. The highest BCUT2D eigenvalue weighted by atomic mass is 16.6. The smallest absolute Gasteiger partial charge is 0.269 e. The highest BCUT2D eigenvalue weighted by Gasteiger charge is 2.23. The number of hydrogen-bond donors (Lipinski definition) is 0. The Kier molecular flexibility index (Phi) is 5.38. The molecule has 2 aliphatic rings. The molecule has 0 aromatic heterocycles. The molecule has 0 saturated heterocycles. The first-order valence-electron chi connectivity index (χ1n) is 9.87. The zero-order valence-corrected chi connectivity index (χ0v) is 15.9. The van der Waals surface area contributed by atoms with Crippen molar-refractivity contribution in [3.05, 3.63) is 93.1 Å². The molecule has 4 nitrogen and oxygen atoms in total. The van der Waals surface area contributed by atoms with Gasteiger partial charge in [-0.2, -0.15) is 0 Å². The van der Waals surface area contributed by atoms with E-state index in [1.165, 1.54) is 73.3 Å². The molecule has 0 saturated carbocycles. The molecule has 0 aliphatic carbocycles. The number of aryl methyl sites for hydroxylation is 2. The van der Waals surface area contributed by atoms with Gasteiger partial charge in [-0.05, 0) is 72.2 Å². The van der Waals surface area contributed by atoms with Gasteiger partial charge in [0.2, 0.25) is 0 Å². The van der Waals surface area contributed by atoms with Crippen LogP contribution in [0, 0.1) is 10.1 Å². The number of nitro groups is 1. The molecule has 0 N–H and O–H groups in total. The summed E-state index contributed by atoms with van der Waals surface area (Å²) in [5.41, 5.74) is 6.86. The van der Waals surface area contributed by atoms with E-state index >= 15 is 0 Å². The lowest BCUT2D eigenvalue weighted by Crippen LogP contribution is -2.34. The van der Waals surface area contributed by atoms with Gasteiger partial charge in [0.1, 0.15) is 0 Å². The average molecular weight is 372 g/mol. The van der Waals surface area contributed by atoms with Crippen LogP contribution in [0.4, 0.5) is 11.4 Å². The molecule has 0 spiro atoms. The first kappa shape index (κ1) is 18.2. The number of rotatable bonds is 5. The Labute approximate surface area is 165 Å². The highest BCUT2D eigenvalue weighted by molar-refractivity contribution is 5.68. The summed E-state index contributed by atoms with van der Waals surface area (Å²) in [5.74, 6) is 0. The number of nitro benzene ring substituents is 1. The van der Waals surface area contributed by atoms with E-state index in [1.807, 2.05) is 24.3 Å². The molecular weight excluding hydrogens is 348 g/mol. The van der Waals surface area contributed by atoms with Gasteiger partial charge < -0.3 is 4.90 Å². The van der Waals surface area contributed by atoms with Gasteiger partial charge in [-0.25, -0.2) is 0 Å². The van der Waals surface area contributed by atoms with E-state index in [0.717, 1.165) is 5.56 Å². The zero-order valence-electron chi connectivity index (χ0n) is 15.9. The van der Waals surface area contributed by atoms with Crippen LogP contribution in [0.25, 0.3) is 12.2 Å². The maximum Gasteiger partial charge on any atom is 0.269 e. The van der Waals surface area contributed by atoms with Crippen molar-refractivity contribution in [2.45, 2.75) is 25.7 Å². The average Bonchev–Trinajstić information content (AvgIpc) is 2.71. The van der Waals surface area contributed by atoms with Crippen molar-refractivity contribution in [3.63, 3.8) is 0 Å². The minimum atomic E-state index is -0.384. The molecule has 0 radical (unpaired) electrons. The van der Waals surface area contributed by atoms with Gasteiger partial charge in [0.25, 0.3) is 5.69 Å². The van der Waals surface area contributed by atoms with E-state index in [-0.39, 0.29) is 10.6 Å². The second-order valence-corrected chi connectivity index (χ2v) is 7.33. The molecule has 2 heterocycles. The van der Waals surface area contributed by atoms with Crippen LogP contribution in [0.15, 0.2) is 60.7 Å². The molecule has 0 unspecified atom stereocenters. The predicted molar refractivity (Wildman–Crippen MR) is 116 cm³/mol. The monoisotopic (exact) mass is 372 g/mol. The number of anilines is 1. The summed E-state index contributed by atoms with van der Waals surface area (Å²) in [6.07, 6.45) is 17.0. The molecule has 0 amide bonds. The van der Waals surface area contributed by atoms with Crippen molar-refractivity contribution in [2.75, 3.05) is 18.0 Å². The highest BCUT2D eigenvalue weighted by Crippen LogP contribution is 2.36. The molecule has 4 rings (SSSR count). The van der Waals surface area contributed by atoms with E-state index in [1.54, 1.807) is 12.1 Å². The summed E-state index contributed by atoms with van der Waals surface area (Å²) in [6, 6.07) is 11.2. The van der Waals surface area contributed by atoms with Crippen molar-refractivity contribution in [3.8, 4) is 0 Å². The quantitative estimate of drug-likeness (QED) is 0.391. The fourth-order valence-corrected chi connectivity index (χ4v) is 4.10. The first-order chi connectivity index (χ1) is 13.7. The normalized spacial score (nSPS) is 16.2. The van der Waals surface area contributed by atoms with Crippen molar-refractivity contribution < 1.29 is 4.92 Å². The first-order valence-corrected chi connectivity index (χ1v) is 9.87. The van der Waals surface area contributed by atoms with Crippen molar-refractivity contribution >= 4 is 23.5 Å². The summed E-state index contributed by atoms with van der Waals surface area (Å²) >= 11 is 0. The molecule has 2 aromatic carbocycles. The van der Waals surface area contributed by atoms with E-state index in [2.05, 4.69) is 29.2 Å². The predicted octanol–water partition coefficient (Wildman–Crippen LogP) is 5.58. The van der Waals surface area contributed by atoms with Crippen LogP contribution < -0.4 is 4.90 Å². The zero-order chi connectivity index (χ0) is 19.3. The third kappa shape index (κ3) is 4.06. The largest absolute Gasteiger partial charge is 0.371 e. The second-order valence-electron chi connectivity index (χ2n) is 7.33. The van der Waals surface area contributed by atoms with Crippen LogP contribution in [-0.2, 0) is 12.8 Å². The van der Waals surface area contributed by atoms with Crippen molar-refractivity contribution in [1.29, 1.82) is 0 Å². The van der Waals surface area contributed by atoms with E-state index in [9.17, 15) is 10.1 Å². The van der Waals surface area contributed by atoms with E-state index in [4.69, 9.17) is 0 Å². The minimum absolute atomic E-state index is 0.114. The topological polar surface area (TPSA) is 46.4 Å². The van der Waals surface area contributed by atoms with Gasteiger partial charge in [0, 0.05) is 30.9 Å². The summed E-state index contributed by atoms with van der Waals surface area (Å²) in [4.78, 5) is 12.8. The lowest BCUT2D eigenvalue weighted by molar-refractivity contribution is -0.384. The second kappa shape index (κ2) is 8.26. The Morgan fingerprint density at radius 2 is 1.39 bits per heavy atom. The molecule has 142 valence electrons. The van der Waals surface area contributed by atoms with Crippen molar-refractivity contribution in [2.24, 2.45) is 0 Å². The molecule has 28 heavy (non-hydrogen) atoms. The Morgan fingerprint density at radius 1 is 0.821 bits per heavy atom. The lowest BCUT2D eigenvalue weighted by Gasteiger charge is -2.37. The van der Waals surface area contributed by atoms with E-state index < -0.39 is 0 Å². The van der Waals surface area contributed by atoms with Gasteiger partial charge in [-0.3, -0.25) is 10.1 Å². The van der Waals surface area contributed by atoms with Crippen LogP contribution in [-0.4, -0.2) is 18.0 Å². The lowest BCUT2D eigenvalue weighted by atomic mass is 9.90. The maximum atomic E-state index is 10.7. The van der Waals surface area contributed by atoms with Crippen LogP contribution in [0.1, 0.15) is 35.1 Å². The standard InChI is InChI=1S/C24H24N2O2/c27-26(28)23-13-11-19(12-14-23)7-3-1-2-4-8-20-17-21-9-5-15-25-16-6-10-22(18-20)24(21)25/h1-4,7-8,11-14,17-18H,5-6,9-10,15-16H2/b2-1+,7-3+,8-4+. The Morgan fingerprint density at radius 3 is 1.96 bits per heavy atom. The van der Waals surface area contributed by atoms with Gasteiger partial charge in [0.15, 0.2) is 0 Å². The minimum Gasteiger partial charge on any atom is -0.371 e. The maximum absolute atomic E-state index is 10.7. The van der Waals surface area contributed by atoms with E-state index in [0.29, 0.717) is 0 Å². The summed E-state index contributed by atoms with van der Waals surface area (Å²) in [6.45, 7) is 2.41. The third-order valence-electron chi connectivity index (χ3n) is 5.37. The number of benzene rings is 2. The van der Waals surface area contributed by atoms with Crippen LogP contribution in [0.3, 0.4) is 0 Å². The SMILES string of the molecule is O=[N+]([O-])c1ccc(/C=C/C=C/C=C/c2cc3c4c(c2)CCCN4CCC3)cc1. The van der Waals surface area contributed by atoms with Crippen molar-refractivity contribution in [1.82, 2.24) is 0 Å². The Hall–Kier alpha value is -3.14. The number of non-ortho nitro benzene ring substituents is 1. The molecule has 0 atom stereocenters. The third-order valence-corrected chi connectivity index (χ3v) is 5.37. The molecule has 2 aliphatic heterocycles. The van der Waals surface area contributed by atoms with Crippen LogP contribution in [0.5, 0.6) is 0 Å². The van der Waals surface area contributed by atoms with Gasteiger partial charge in [0.05, 0.1) is 4.92 Å². The Bertz CT molecular complexity index is 924. The van der Waals surface area contributed by atoms with Gasteiger partial charge >= 0.3 is 0 Å². The van der Waals surface area contributed by atoms with Crippen LogP contribution in [0.2, 0.25) is 0 Å². The fourth-order valence-electron chi connectivity index (χ4n) is 4.10. The van der Waals surface area contributed by atoms with Crippen LogP contribution >= 0.6 is 0 Å². The molecule has 0 bridgehead atoms.